The van der Waals surface area contributed by atoms with E-state index in [0.717, 1.165) is 5.75 Å². The molecule has 0 unspecified atom stereocenters. The highest BCUT2D eigenvalue weighted by Gasteiger charge is 2.13. The zero-order valence-electron chi connectivity index (χ0n) is 10.2. The Morgan fingerprint density at radius 3 is 2.88 bits per heavy atom. The number of carbonyl (C=O) groups is 1. The number of halogens is 1. The first-order chi connectivity index (χ1) is 8.10. The van der Waals surface area contributed by atoms with Crippen LogP contribution in [0.15, 0.2) is 12.3 Å². The standard InChI is InChI=1S/C11H16ClN3OS/c1-13-10-9(12)6-8(7-14-10)11(16)15(2)4-5-17-3/h6-7H,4-5H2,1-3H3,(H,13,14). The molecule has 1 aromatic heterocycles. The van der Waals surface area contributed by atoms with E-state index in [0.29, 0.717) is 22.9 Å². The second kappa shape index (κ2) is 6.71. The van der Waals surface area contributed by atoms with Crippen molar-refractivity contribution >= 4 is 35.1 Å². The van der Waals surface area contributed by atoms with Crippen molar-refractivity contribution in [2.75, 3.05) is 38.0 Å². The molecule has 17 heavy (non-hydrogen) atoms. The van der Waals surface area contributed by atoms with Gasteiger partial charge < -0.3 is 10.2 Å². The Morgan fingerprint density at radius 1 is 1.65 bits per heavy atom. The van der Waals surface area contributed by atoms with Crippen molar-refractivity contribution in [3.05, 3.63) is 22.8 Å². The average molecular weight is 274 g/mol. The molecule has 1 N–H and O–H groups in total. The van der Waals surface area contributed by atoms with Crippen LogP contribution in [0.25, 0.3) is 0 Å². The van der Waals surface area contributed by atoms with Crippen molar-refractivity contribution in [3.8, 4) is 0 Å². The Kier molecular flexibility index (Phi) is 5.58. The van der Waals surface area contributed by atoms with Crippen molar-refractivity contribution in [1.82, 2.24) is 9.88 Å². The predicted octanol–water partition coefficient (Wildman–Crippen LogP) is 2.21. The van der Waals surface area contributed by atoms with Gasteiger partial charge >= 0.3 is 0 Å². The van der Waals surface area contributed by atoms with Gasteiger partial charge in [0.25, 0.3) is 5.91 Å². The minimum atomic E-state index is -0.0592. The van der Waals surface area contributed by atoms with Crippen LogP contribution in [-0.2, 0) is 0 Å². The lowest BCUT2D eigenvalue weighted by atomic mass is 10.2. The van der Waals surface area contributed by atoms with Gasteiger partial charge in [0.2, 0.25) is 0 Å². The van der Waals surface area contributed by atoms with Crippen molar-refractivity contribution in [2.24, 2.45) is 0 Å². The maximum absolute atomic E-state index is 12.0. The first-order valence-electron chi connectivity index (χ1n) is 5.17. The Labute approximate surface area is 111 Å². The number of rotatable bonds is 5. The van der Waals surface area contributed by atoms with Gasteiger partial charge in [0.1, 0.15) is 5.82 Å². The number of nitrogens with zero attached hydrogens (tertiary/aromatic N) is 2. The van der Waals surface area contributed by atoms with Crippen LogP contribution < -0.4 is 5.32 Å². The van der Waals surface area contributed by atoms with E-state index in [4.69, 9.17) is 11.6 Å². The SMILES string of the molecule is CNc1ncc(C(=O)N(C)CCSC)cc1Cl. The first kappa shape index (κ1) is 14.1. The summed E-state index contributed by atoms with van der Waals surface area (Å²) in [5, 5.41) is 3.31. The molecule has 0 bridgehead atoms. The van der Waals surface area contributed by atoms with E-state index >= 15 is 0 Å². The monoisotopic (exact) mass is 273 g/mol. The molecule has 0 saturated heterocycles. The molecule has 1 aromatic rings. The molecule has 94 valence electrons. The lowest BCUT2D eigenvalue weighted by Gasteiger charge is -2.16. The van der Waals surface area contributed by atoms with E-state index in [9.17, 15) is 4.79 Å². The Morgan fingerprint density at radius 2 is 2.35 bits per heavy atom. The molecule has 1 heterocycles. The van der Waals surface area contributed by atoms with Crippen molar-refractivity contribution in [1.29, 1.82) is 0 Å². The number of amides is 1. The average Bonchev–Trinajstić information content (AvgIpc) is 2.34. The summed E-state index contributed by atoms with van der Waals surface area (Å²) in [6.07, 6.45) is 3.55. The summed E-state index contributed by atoms with van der Waals surface area (Å²) in [4.78, 5) is 17.8. The molecule has 0 aliphatic heterocycles. The maximum Gasteiger partial charge on any atom is 0.255 e. The normalized spacial score (nSPS) is 10.1. The highest BCUT2D eigenvalue weighted by atomic mass is 35.5. The Hall–Kier alpha value is -0.940. The number of nitrogens with one attached hydrogen (secondary N) is 1. The van der Waals surface area contributed by atoms with E-state index in [2.05, 4.69) is 10.3 Å². The number of pyridine rings is 1. The summed E-state index contributed by atoms with van der Waals surface area (Å²) >= 11 is 7.69. The molecule has 0 aromatic carbocycles. The van der Waals surface area contributed by atoms with Gasteiger partial charge in [0, 0.05) is 32.6 Å². The third-order valence-corrected chi connectivity index (χ3v) is 3.18. The molecule has 6 heteroatoms. The summed E-state index contributed by atoms with van der Waals surface area (Å²) in [5.41, 5.74) is 0.512. The van der Waals surface area contributed by atoms with E-state index in [1.807, 2.05) is 6.26 Å². The molecular weight excluding hydrogens is 258 g/mol. The van der Waals surface area contributed by atoms with Crippen molar-refractivity contribution < 1.29 is 4.79 Å². The molecule has 0 fully saturated rings. The summed E-state index contributed by atoms with van der Waals surface area (Å²) in [6, 6.07) is 1.64. The van der Waals surface area contributed by atoms with Gasteiger partial charge in [-0.3, -0.25) is 4.79 Å². The third-order valence-electron chi connectivity index (χ3n) is 2.30. The van der Waals surface area contributed by atoms with Gasteiger partial charge in [-0.05, 0) is 12.3 Å². The molecule has 0 spiro atoms. The van der Waals surface area contributed by atoms with Crippen LogP contribution in [0.5, 0.6) is 0 Å². The molecule has 0 aliphatic rings. The van der Waals surface area contributed by atoms with Crippen LogP contribution in [0, 0.1) is 0 Å². The van der Waals surface area contributed by atoms with Crippen LogP contribution >= 0.6 is 23.4 Å². The summed E-state index contributed by atoms with van der Waals surface area (Å²) < 4.78 is 0. The minimum absolute atomic E-state index is 0.0592. The molecule has 0 aliphatic carbocycles. The van der Waals surface area contributed by atoms with Crippen LogP contribution in [0.1, 0.15) is 10.4 Å². The zero-order valence-corrected chi connectivity index (χ0v) is 11.7. The topological polar surface area (TPSA) is 45.2 Å². The quantitative estimate of drug-likeness (QED) is 0.893. The van der Waals surface area contributed by atoms with Gasteiger partial charge in [0.05, 0.1) is 10.6 Å². The van der Waals surface area contributed by atoms with Gasteiger partial charge in [-0.15, -0.1) is 0 Å². The zero-order chi connectivity index (χ0) is 12.8. The maximum atomic E-state index is 12.0. The fourth-order valence-electron chi connectivity index (χ4n) is 1.29. The number of thioether (sulfide) groups is 1. The molecule has 0 radical (unpaired) electrons. The number of hydrogen-bond donors (Lipinski definition) is 1. The lowest BCUT2D eigenvalue weighted by molar-refractivity contribution is 0.0803. The number of aromatic nitrogens is 1. The van der Waals surface area contributed by atoms with Crippen molar-refractivity contribution in [2.45, 2.75) is 0 Å². The van der Waals surface area contributed by atoms with E-state index in [1.165, 1.54) is 6.20 Å². The van der Waals surface area contributed by atoms with Crippen LogP contribution in [-0.4, -0.2) is 48.4 Å². The summed E-state index contributed by atoms with van der Waals surface area (Å²) in [5.74, 6) is 1.43. The number of hydrogen-bond acceptors (Lipinski definition) is 4. The van der Waals surface area contributed by atoms with E-state index in [1.54, 1.807) is 36.8 Å². The van der Waals surface area contributed by atoms with Crippen LogP contribution in [0.2, 0.25) is 5.02 Å². The summed E-state index contributed by atoms with van der Waals surface area (Å²) in [7, 11) is 3.51. The van der Waals surface area contributed by atoms with Crippen LogP contribution in [0.3, 0.4) is 0 Å². The Bertz CT molecular complexity index is 400. The molecule has 0 saturated carbocycles. The molecular formula is C11H16ClN3OS. The minimum Gasteiger partial charge on any atom is -0.372 e. The van der Waals surface area contributed by atoms with Crippen molar-refractivity contribution in [3.63, 3.8) is 0 Å². The second-order valence-corrected chi connectivity index (χ2v) is 4.92. The van der Waals surface area contributed by atoms with Gasteiger partial charge in [0.15, 0.2) is 0 Å². The summed E-state index contributed by atoms with van der Waals surface area (Å²) in [6.45, 7) is 0.714. The fraction of sp³-hybridized carbons (Fsp3) is 0.455. The van der Waals surface area contributed by atoms with Gasteiger partial charge in [-0.2, -0.15) is 11.8 Å². The highest BCUT2D eigenvalue weighted by Crippen LogP contribution is 2.20. The van der Waals surface area contributed by atoms with E-state index in [-0.39, 0.29) is 5.91 Å². The largest absolute Gasteiger partial charge is 0.372 e. The highest BCUT2D eigenvalue weighted by molar-refractivity contribution is 7.98. The lowest BCUT2D eigenvalue weighted by Crippen LogP contribution is -2.29. The van der Waals surface area contributed by atoms with Crippen LogP contribution in [0.4, 0.5) is 5.82 Å². The van der Waals surface area contributed by atoms with Gasteiger partial charge in [-0.1, -0.05) is 11.6 Å². The second-order valence-electron chi connectivity index (χ2n) is 3.52. The molecule has 1 rings (SSSR count). The number of anilines is 1. The third kappa shape index (κ3) is 3.78. The van der Waals surface area contributed by atoms with E-state index < -0.39 is 0 Å². The Balaban J connectivity index is 2.78. The van der Waals surface area contributed by atoms with Gasteiger partial charge in [-0.25, -0.2) is 4.98 Å². The number of carbonyl (C=O) groups excluding carboxylic acids is 1. The molecule has 4 nitrogen and oxygen atoms in total. The smallest absolute Gasteiger partial charge is 0.255 e. The molecule has 1 amide bonds. The molecule has 0 atom stereocenters. The fourth-order valence-corrected chi connectivity index (χ4v) is 2.01. The predicted molar refractivity (Wildman–Crippen MR) is 74.1 cm³/mol. The first-order valence-corrected chi connectivity index (χ1v) is 6.95.